The van der Waals surface area contributed by atoms with E-state index in [1.807, 2.05) is 0 Å². The first-order chi connectivity index (χ1) is 8.81. The Morgan fingerprint density at radius 2 is 0.800 bits per heavy atom. The van der Waals surface area contributed by atoms with Crippen LogP contribution >= 0.6 is 35.5 Å². The van der Waals surface area contributed by atoms with E-state index in [4.69, 9.17) is 19.2 Å². The Morgan fingerprint density at radius 3 is 0.800 bits per heavy atom. The van der Waals surface area contributed by atoms with Crippen LogP contribution in [0, 0.1) is 0 Å². The van der Waals surface area contributed by atoms with Crippen LogP contribution in [0.3, 0.4) is 0 Å². The van der Waals surface area contributed by atoms with E-state index in [-0.39, 0.29) is 16.6 Å². The van der Waals surface area contributed by atoms with Crippen molar-refractivity contribution >= 4 is 52.1 Å². The third-order valence-corrected chi connectivity index (χ3v) is 1.55. The van der Waals surface area contributed by atoms with E-state index in [2.05, 4.69) is 19.7 Å². The minimum absolute atomic E-state index is 0.0463. The van der Waals surface area contributed by atoms with E-state index in [1.165, 1.54) is 45.9 Å². The molecule has 11 heteroatoms. The van der Waals surface area contributed by atoms with Gasteiger partial charge in [-0.15, -0.1) is 0 Å². The van der Waals surface area contributed by atoms with Crippen LogP contribution in [0.2, 0.25) is 0 Å². The second kappa shape index (κ2) is 18.6. The van der Waals surface area contributed by atoms with Gasteiger partial charge in [-0.05, 0) is 0 Å². The maximum Gasteiger partial charge on any atom is 0.282 e. The van der Waals surface area contributed by atoms with Crippen molar-refractivity contribution < 1.29 is 33.6 Å². The Hall–Kier alpha value is -0.370. The predicted octanol–water partition coefficient (Wildman–Crippen LogP) is -1.91. The SMILES string of the molecule is C=CC(=O)[PH3+].C=CC(=O)[PH3+].C=CC(=O)[PH3+].O=P([O-])([O-])[O-]. The Bertz CT molecular complexity index is 335. The Morgan fingerprint density at radius 1 is 0.750 bits per heavy atom. The number of carbonyl (C=O) groups excluding carboxylic acids is 3. The average molecular weight is 362 g/mol. The molecule has 0 saturated heterocycles. The quantitative estimate of drug-likeness (QED) is 0.422. The largest absolute Gasteiger partial charge is 0.822 e. The zero-order valence-corrected chi connectivity index (χ0v) is 15.9. The van der Waals surface area contributed by atoms with Gasteiger partial charge in [-0.2, -0.15) is 7.82 Å². The molecule has 7 nitrogen and oxygen atoms in total. The van der Waals surface area contributed by atoms with Crippen molar-refractivity contribution in [3.05, 3.63) is 38.0 Å². The summed E-state index contributed by atoms with van der Waals surface area (Å²) in [7, 11) is -1.50. The molecule has 0 fully saturated rings. The summed E-state index contributed by atoms with van der Waals surface area (Å²) in [6, 6.07) is 0. The van der Waals surface area contributed by atoms with E-state index >= 15 is 0 Å². The van der Waals surface area contributed by atoms with E-state index < -0.39 is 7.82 Å². The molecule has 0 aromatic rings. The first-order valence-electron chi connectivity index (χ1n) is 4.49. The highest BCUT2D eigenvalue weighted by molar-refractivity contribution is 7.41. The molecule has 20 heavy (non-hydrogen) atoms. The summed E-state index contributed by atoms with van der Waals surface area (Å²) in [6.07, 6.45) is 3.87. The summed E-state index contributed by atoms with van der Waals surface area (Å²) >= 11 is 0. The van der Waals surface area contributed by atoms with Gasteiger partial charge in [-0.25, -0.2) is 14.4 Å². The fraction of sp³-hybridized carbons (Fsp3) is 0. The van der Waals surface area contributed by atoms with Gasteiger partial charge in [0.2, 0.25) is 0 Å². The lowest BCUT2D eigenvalue weighted by molar-refractivity contribution is -0.432. The molecule has 0 spiro atoms. The van der Waals surface area contributed by atoms with Gasteiger partial charge in [-0.1, -0.05) is 19.7 Å². The van der Waals surface area contributed by atoms with Gasteiger partial charge >= 0.3 is 0 Å². The molecule has 0 amide bonds. The monoisotopic (exact) mass is 362 g/mol. The summed E-state index contributed by atoms with van der Waals surface area (Å²) < 4.78 is 8.55. The molecule has 0 N–H and O–H groups in total. The molecule has 0 aliphatic carbocycles. The van der Waals surface area contributed by atoms with Crippen molar-refractivity contribution in [3.8, 4) is 0 Å². The number of phosphoric acid groups is 1. The van der Waals surface area contributed by atoms with Gasteiger partial charge in [-0.3, -0.25) is 0 Å². The lowest BCUT2D eigenvalue weighted by Gasteiger charge is -2.36. The first-order valence-corrected chi connectivity index (χ1v) is 8.08. The number of carbonyl (C=O) groups is 3. The predicted molar refractivity (Wildman–Crippen MR) is 86.5 cm³/mol. The van der Waals surface area contributed by atoms with E-state index in [0.29, 0.717) is 0 Å². The minimum atomic E-state index is -5.39. The topological polar surface area (TPSA) is 137 Å². The fourth-order valence-electron chi connectivity index (χ4n) is 0. The van der Waals surface area contributed by atoms with Crippen molar-refractivity contribution in [2.75, 3.05) is 0 Å². The number of allylic oxidation sites excluding steroid dienone is 3. The normalized spacial score (nSPS) is 8.35. The third kappa shape index (κ3) is 154. The summed E-state index contributed by atoms with van der Waals surface area (Å²) in [4.78, 5) is 54.8. The Labute approximate surface area is 124 Å². The molecular formula is C9H18O7P4. The molecule has 3 unspecified atom stereocenters. The number of hydrogen-bond acceptors (Lipinski definition) is 7. The second-order valence-electron chi connectivity index (χ2n) is 2.46. The van der Waals surface area contributed by atoms with Crippen LogP contribution < -0.4 is 14.7 Å². The van der Waals surface area contributed by atoms with Crippen LogP contribution in [0.4, 0.5) is 0 Å². The minimum Gasteiger partial charge on any atom is -0.822 e. The highest BCUT2D eigenvalue weighted by Gasteiger charge is 1.79. The van der Waals surface area contributed by atoms with Gasteiger partial charge in [0, 0.05) is 45.9 Å². The summed E-state index contributed by atoms with van der Waals surface area (Å²) in [6.45, 7) is 9.65. The van der Waals surface area contributed by atoms with E-state index in [9.17, 15) is 14.4 Å². The zero-order valence-electron chi connectivity index (χ0n) is 10.8. The maximum absolute atomic E-state index is 9.71. The molecule has 0 saturated carbocycles. The number of rotatable bonds is 3. The average Bonchev–Trinajstić information content (AvgIpc) is 2.28. The molecular weight excluding hydrogens is 344 g/mol. The van der Waals surface area contributed by atoms with Gasteiger partial charge in [0.1, 0.15) is 0 Å². The molecule has 0 aromatic carbocycles. The maximum atomic E-state index is 9.71. The van der Waals surface area contributed by atoms with Crippen molar-refractivity contribution in [1.29, 1.82) is 0 Å². The molecule has 0 radical (unpaired) electrons. The van der Waals surface area contributed by atoms with E-state index in [0.717, 1.165) is 0 Å². The van der Waals surface area contributed by atoms with Crippen molar-refractivity contribution in [3.63, 3.8) is 0 Å². The first kappa shape index (κ1) is 27.9. The highest BCUT2D eigenvalue weighted by atomic mass is 31.2. The molecule has 0 aliphatic heterocycles. The van der Waals surface area contributed by atoms with Gasteiger partial charge in [0.15, 0.2) is 0 Å². The molecule has 0 heterocycles. The lowest BCUT2D eigenvalue weighted by atomic mass is 10.7. The summed E-state index contributed by atoms with van der Waals surface area (Å²) in [5.74, 6) is 0. The lowest BCUT2D eigenvalue weighted by Crippen LogP contribution is -2.24. The Kier molecular flexibility index (Phi) is 26.0. The van der Waals surface area contributed by atoms with Crippen LogP contribution in [0.5, 0.6) is 0 Å². The standard InChI is InChI=1S/3C3H5OP.H3O4P/c3*1-2-3(4)5;1-5(2,3)4/h3*2H,1,5H2;(H3,1,2,3,4). The highest BCUT2D eigenvalue weighted by Crippen LogP contribution is 2.03. The summed E-state index contributed by atoms with van der Waals surface area (Å²) in [5.41, 5.74) is 0.139. The number of hydrogen-bond donors (Lipinski definition) is 0. The molecule has 3 atom stereocenters. The van der Waals surface area contributed by atoms with Gasteiger partial charge in [0.05, 0.1) is 0 Å². The van der Waals surface area contributed by atoms with Crippen molar-refractivity contribution in [2.24, 2.45) is 0 Å². The van der Waals surface area contributed by atoms with Crippen LogP contribution in [0.25, 0.3) is 0 Å². The zero-order chi connectivity index (χ0) is 17.4. The second-order valence-corrected chi connectivity index (χ2v) is 5.44. The van der Waals surface area contributed by atoms with Crippen LogP contribution in [-0.4, -0.2) is 16.6 Å². The molecule has 0 bridgehead atoms. The van der Waals surface area contributed by atoms with Gasteiger partial charge < -0.3 is 19.2 Å². The fourth-order valence-corrected chi connectivity index (χ4v) is 0. The van der Waals surface area contributed by atoms with Crippen LogP contribution in [0.15, 0.2) is 38.0 Å². The third-order valence-electron chi connectivity index (χ3n) is 0.683. The smallest absolute Gasteiger partial charge is 0.282 e. The van der Waals surface area contributed by atoms with Crippen molar-refractivity contribution in [1.82, 2.24) is 0 Å². The molecule has 0 rings (SSSR count). The molecule has 0 aliphatic rings. The van der Waals surface area contributed by atoms with E-state index in [1.54, 1.807) is 0 Å². The molecule has 0 aromatic heterocycles. The van der Waals surface area contributed by atoms with Crippen molar-refractivity contribution in [2.45, 2.75) is 0 Å². The summed E-state index contributed by atoms with van der Waals surface area (Å²) in [5, 5.41) is 0. The van der Waals surface area contributed by atoms with Crippen LogP contribution in [-0.2, 0) is 18.9 Å². The van der Waals surface area contributed by atoms with Crippen LogP contribution in [0.1, 0.15) is 0 Å². The van der Waals surface area contributed by atoms with Gasteiger partial charge in [0.25, 0.3) is 16.6 Å². The Balaban J connectivity index is -0.0000000853. The molecule has 116 valence electrons.